The maximum Gasteiger partial charge on any atom is 0.255 e. The third kappa shape index (κ3) is 2.14. The highest BCUT2D eigenvalue weighted by Crippen LogP contribution is 2.08. The summed E-state index contributed by atoms with van der Waals surface area (Å²) in [5.41, 5.74) is 0.346. The van der Waals surface area contributed by atoms with Gasteiger partial charge >= 0.3 is 0 Å². The van der Waals surface area contributed by atoms with Crippen LogP contribution in [0, 0.1) is 0 Å². The lowest BCUT2D eigenvalue weighted by molar-refractivity contribution is 0.0655. The molecule has 0 aromatic carbocycles. The average Bonchev–Trinajstić information content (AvgIpc) is 2.30. The highest BCUT2D eigenvalue weighted by molar-refractivity contribution is 5.94. The van der Waals surface area contributed by atoms with Gasteiger partial charge in [0.15, 0.2) is 0 Å². The summed E-state index contributed by atoms with van der Waals surface area (Å²) in [6.45, 7) is 4.35. The van der Waals surface area contributed by atoms with Crippen molar-refractivity contribution in [1.82, 2.24) is 15.2 Å². The Morgan fingerprint density at radius 3 is 2.94 bits per heavy atom. The number of pyridine rings is 1. The first-order valence-electron chi connectivity index (χ1n) is 5.39. The molecule has 1 atom stereocenters. The Labute approximate surface area is 93.5 Å². The molecule has 1 fully saturated rings. The maximum atomic E-state index is 12.1. The normalized spacial score (nSPS) is 20.8. The number of aromatic nitrogens is 1. The minimum Gasteiger partial charge on any atom is -0.333 e. The van der Waals surface area contributed by atoms with Gasteiger partial charge in [-0.05, 0) is 13.0 Å². The fourth-order valence-corrected chi connectivity index (χ4v) is 1.85. The van der Waals surface area contributed by atoms with Gasteiger partial charge in [0.25, 0.3) is 5.91 Å². The van der Waals surface area contributed by atoms with Gasteiger partial charge in [-0.1, -0.05) is 0 Å². The summed E-state index contributed by atoms with van der Waals surface area (Å²) >= 11 is 0. The van der Waals surface area contributed by atoms with Gasteiger partial charge in [-0.2, -0.15) is 0 Å². The number of hydrogen-bond donors (Lipinski definition) is 2. The number of H-pyrrole nitrogens is 1. The quantitative estimate of drug-likeness (QED) is 0.690. The average molecular weight is 221 g/mol. The van der Waals surface area contributed by atoms with Crippen molar-refractivity contribution >= 4 is 5.91 Å². The Balaban J connectivity index is 2.17. The molecule has 86 valence electrons. The lowest BCUT2D eigenvalue weighted by atomic mass is 10.1. The van der Waals surface area contributed by atoms with Crippen molar-refractivity contribution in [3.63, 3.8) is 0 Å². The van der Waals surface area contributed by atoms with Gasteiger partial charge < -0.3 is 15.2 Å². The second-order valence-electron chi connectivity index (χ2n) is 3.99. The molecular formula is C11H15N3O2. The number of nitrogens with one attached hydrogen (secondary N) is 2. The van der Waals surface area contributed by atoms with E-state index in [1.807, 2.05) is 11.8 Å². The van der Waals surface area contributed by atoms with Gasteiger partial charge in [0.1, 0.15) is 0 Å². The van der Waals surface area contributed by atoms with Gasteiger partial charge in [-0.3, -0.25) is 9.59 Å². The number of amides is 1. The number of aromatic amines is 1. The monoisotopic (exact) mass is 221 g/mol. The van der Waals surface area contributed by atoms with Crippen LogP contribution < -0.4 is 10.9 Å². The van der Waals surface area contributed by atoms with E-state index in [4.69, 9.17) is 0 Å². The van der Waals surface area contributed by atoms with Crippen LogP contribution in [-0.2, 0) is 0 Å². The largest absolute Gasteiger partial charge is 0.333 e. The highest BCUT2D eigenvalue weighted by Gasteiger charge is 2.23. The molecule has 0 bridgehead atoms. The molecule has 1 aliphatic rings. The number of hydrogen-bond acceptors (Lipinski definition) is 3. The van der Waals surface area contributed by atoms with Crippen molar-refractivity contribution in [2.24, 2.45) is 0 Å². The molecule has 2 rings (SSSR count). The lowest BCUT2D eigenvalue weighted by Gasteiger charge is -2.33. The topological polar surface area (TPSA) is 65.2 Å². The Morgan fingerprint density at radius 2 is 2.31 bits per heavy atom. The smallest absolute Gasteiger partial charge is 0.255 e. The van der Waals surface area contributed by atoms with E-state index in [0.29, 0.717) is 12.1 Å². The van der Waals surface area contributed by atoms with Crippen molar-refractivity contribution in [3.05, 3.63) is 34.2 Å². The van der Waals surface area contributed by atoms with Crippen molar-refractivity contribution in [3.8, 4) is 0 Å². The summed E-state index contributed by atoms with van der Waals surface area (Å²) in [4.78, 5) is 27.3. The maximum absolute atomic E-state index is 12.1. The van der Waals surface area contributed by atoms with Gasteiger partial charge in [0.05, 0.1) is 5.56 Å². The molecule has 1 amide bonds. The van der Waals surface area contributed by atoms with Gasteiger partial charge in [0, 0.05) is 37.9 Å². The zero-order valence-electron chi connectivity index (χ0n) is 9.19. The SMILES string of the molecule is C[C@H]1CNCCN1C(=O)c1ccc(=O)[nH]c1. The predicted octanol–water partition coefficient (Wildman–Crippen LogP) is -0.191. The van der Waals surface area contributed by atoms with Gasteiger partial charge in [-0.15, -0.1) is 0 Å². The fourth-order valence-electron chi connectivity index (χ4n) is 1.85. The van der Waals surface area contributed by atoms with E-state index < -0.39 is 0 Å². The zero-order valence-corrected chi connectivity index (χ0v) is 9.19. The molecule has 0 unspecified atom stereocenters. The summed E-state index contributed by atoms with van der Waals surface area (Å²) in [5.74, 6) is -0.0229. The molecule has 5 nitrogen and oxygen atoms in total. The first-order valence-corrected chi connectivity index (χ1v) is 5.39. The van der Waals surface area contributed by atoms with E-state index in [-0.39, 0.29) is 17.5 Å². The van der Waals surface area contributed by atoms with Crippen LogP contribution in [-0.4, -0.2) is 41.5 Å². The molecule has 0 saturated carbocycles. The second-order valence-corrected chi connectivity index (χ2v) is 3.99. The number of nitrogens with zero attached hydrogens (tertiary/aromatic N) is 1. The zero-order chi connectivity index (χ0) is 11.5. The van der Waals surface area contributed by atoms with Crippen molar-refractivity contribution in [2.45, 2.75) is 13.0 Å². The lowest BCUT2D eigenvalue weighted by Crippen LogP contribution is -2.52. The molecular weight excluding hydrogens is 206 g/mol. The predicted molar refractivity (Wildman–Crippen MR) is 60.4 cm³/mol. The molecule has 16 heavy (non-hydrogen) atoms. The van der Waals surface area contributed by atoms with E-state index >= 15 is 0 Å². The van der Waals surface area contributed by atoms with Crippen LogP contribution in [0.25, 0.3) is 0 Å². The molecule has 0 spiro atoms. The molecule has 1 aromatic rings. The minimum atomic E-state index is -0.190. The molecule has 5 heteroatoms. The van der Waals surface area contributed by atoms with E-state index in [2.05, 4.69) is 10.3 Å². The number of piperazine rings is 1. The minimum absolute atomic E-state index is 0.0229. The Kier molecular flexibility index (Phi) is 3.05. The molecule has 1 saturated heterocycles. The summed E-state index contributed by atoms with van der Waals surface area (Å²) in [6.07, 6.45) is 1.47. The standard InChI is InChI=1S/C11H15N3O2/c1-8-6-12-4-5-14(8)11(16)9-2-3-10(15)13-7-9/h2-3,7-8,12H,4-6H2,1H3,(H,13,15)/t8-/m0/s1. The summed E-state index contributed by atoms with van der Waals surface area (Å²) < 4.78 is 0. The second kappa shape index (κ2) is 4.49. The molecule has 1 aromatic heterocycles. The first kappa shape index (κ1) is 10.9. The number of carbonyl (C=O) groups is 1. The van der Waals surface area contributed by atoms with Gasteiger partial charge in [0.2, 0.25) is 5.56 Å². The van der Waals surface area contributed by atoms with Gasteiger partial charge in [-0.25, -0.2) is 0 Å². The highest BCUT2D eigenvalue weighted by atomic mass is 16.2. The number of rotatable bonds is 1. The Hall–Kier alpha value is -1.62. The fraction of sp³-hybridized carbons (Fsp3) is 0.455. The van der Waals surface area contributed by atoms with Crippen molar-refractivity contribution < 1.29 is 4.79 Å². The summed E-state index contributed by atoms with van der Waals surface area (Å²) in [6, 6.07) is 3.13. The van der Waals surface area contributed by atoms with Crippen LogP contribution in [0.5, 0.6) is 0 Å². The number of carbonyl (C=O) groups excluding carboxylic acids is 1. The molecule has 2 heterocycles. The molecule has 2 N–H and O–H groups in total. The third-order valence-corrected chi connectivity index (χ3v) is 2.79. The van der Waals surface area contributed by atoms with E-state index in [1.54, 1.807) is 6.07 Å². The van der Waals surface area contributed by atoms with Crippen molar-refractivity contribution in [2.75, 3.05) is 19.6 Å². The van der Waals surface area contributed by atoms with Crippen LogP contribution >= 0.6 is 0 Å². The van der Waals surface area contributed by atoms with E-state index in [9.17, 15) is 9.59 Å². The molecule has 0 radical (unpaired) electrons. The van der Waals surface area contributed by atoms with Crippen LogP contribution in [0.3, 0.4) is 0 Å². The summed E-state index contributed by atoms with van der Waals surface area (Å²) in [5, 5.41) is 3.23. The van der Waals surface area contributed by atoms with E-state index in [0.717, 1.165) is 13.1 Å². The van der Waals surface area contributed by atoms with Crippen molar-refractivity contribution in [1.29, 1.82) is 0 Å². The Bertz CT molecular complexity index is 421. The Morgan fingerprint density at radius 1 is 1.50 bits per heavy atom. The van der Waals surface area contributed by atoms with Crippen LogP contribution in [0.15, 0.2) is 23.1 Å². The van der Waals surface area contributed by atoms with Crippen LogP contribution in [0.1, 0.15) is 17.3 Å². The molecule has 1 aliphatic heterocycles. The molecule has 0 aliphatic carbocycles. The third-order valence-electron chi connectivity index (χ3n) is 2.79. The summed E-state index contributed by atoms with van der Waals surface area (Å²) in [7, 11) is 0. The van der Waals surface area contributed by atoms with Crippen LogP contribution in [0.2, 0.25) is 0 Å². The van der Waals surface area contributed by atoms with Crippen LogP contribution in [0.4, 0.5) is 0 Å². The van der Waals surface area contributed by atoms with E-state index in [1.165, 1.54) is 12.3 Å². The first-order chi connectivity index (χ1) is 7.68.